The Labute approximate surface area is 129 Å². The molecule has 3 N–H and O–H groups in total. The number of methoxy groups -OCH3 is 1. The molecular weight excluding hydrogens is 292 g/mol. The highest BCUT2D eigenvalue weighted by atomic mass is 32.1. The van der Waals surface area contributed by atoms with Crippen LogP contribution in [0.25, 0.3) is 0 Å². The fourth-order valence-corrected chi connectivity index (χ4v) is 2.44. The van der Waals surface area contributed by atoms with Gasteiger partial charge in [-0.3, -0.25) is 0 Å². The SMILES string of the molecule is COc1nc(N(C)C)sc1C(N)CNC(=O)OC(C)(C)C. The topological polar surface area (TPSA) is 89.7 Å². The number of hydrogen-bond acceptors (Lipinski definition) is 7. The maximum Gasteiger partial charge on any atom is 0.407 e. The lowest BCUT2D eigenvalue weighted by Crippen LogP contribution is -2.36. The number of alkyl carbamates (subject to hydrolysis) is 1. The van der Waals surface area contributed by atoms with Crippen LogP contribution in [-0.4, -0.2) is 44.4 Å². The van der Waals surface area contributed by atoms with Crippen LogP contribution in [0.1, 0.15) is 31.7 Å². The van der Waals surface area contributed by atoms with E-state index in [1.807, 2.05) is 39.8 Å². The van der Waals surface area contributed by atoms with Crippen LogP contribution in [0, 0.1) is 0 Å². The van der Waals surface area contributed by atoms with Gasteiger partial charge in [0.15, 0.2) is 5.13 Å². The van der Waals surface area contributed by atoms with Crippen molar-refractivity contribution in [3.8, 4) is 5.88 Å². The zero-order valence-corrected chi connectivity index (χ0v) is 14.2. The molecule has 0 saturated carbocycles. The van der Waals surface area contributed by atoms with Gasteiger partial charge in [0.25, 0.3) is 0 Å². The number of nitrogens with zero attached hydrogens (tertiary/aromatic N) is 2. The van der Waals surface area contributed by atoms with Crippen LogP contribution in [0.2, 0.25) is 0 Å². The number of thiazole rings is 1. The standard InChI is InChI=1S/C13H24N4O3S/c1-13(2,3)20-12(18)15-7-8(14)9-10(19-6)16-11(21-9)17(4)5/h8H,7,14H2,1-6H3,(H,15,18). The van der Waals surface area contributed by atoms with Gasteiger partial charge in [0.2, 0.25) is 5.88 Å². The largest absolute Gasteiger partial charge is 0.480 e. The van der Waals surface area contributed by atoms with Crippen LogP contribution >= 0.6 is 11.3 Å². The molecule has 0 aliphatic carbocycles. The van der Waals surface area contributed by atoms with Crippen LogP contribution in [0.3, 0.4) is 0 Å². The van der Waals surface area contributed by atoms with Crippen molar-refractivity contribution in [1.29, 1.82) is 0 Å². The second kappa shape index (κ2) is 6.95. The van der Waals surface area contributed by atoms with Gasteiger partial charge in [0, 0.05) is 20.6 Å². The summed E-state index contributed by atoms with van der Waals surface area (Å²) in [5.41, 5.74) is 5.57. The van der Waals surface area contributed by atoms with Gasteiger partial charge in [-0.15, -0.1) is 0 Å². The molecule has 0 aromatic carbocycles. The highest BCUT2D eigenvalue weighted by Crippen LogP contribution is 2.34. The van der Waals surface area contributed by atoms with Crippen molar-refractivity contribution in [3.05, 3.63) is 4.88 Å². The normalized spacial score (nSPS) is 12.7. The van der Waals surface area contributed by atoms with E-state index in [1.54, 1.807) is 7.11 Å². The van der Waals surface area contributed by atoms with Gasteiger partial charge in [-0.05, 0) is 20.8 Å². The lowest BCUT2D eigenvalue weighted by Gasteiger charge is -2.20. The molecule has 21 heavy (non-hydrogen) atoms. The minimum atomic E-state index is -0.533. The monoisotopic (exact) mass is 316 g/mol. The smallest absolute Gasteiger partial charge is 0.407 e. The van der Waals surface area contributed by atoms with Gasteiger partial charge < -0.3 is 25.4 Å². The average Bonchev–Trinajstić information content (AvgIpc) is 2.78. The summed E-state index contributed by atoms with van der Waals surface area (Å²) in [6.45, 7) is 5.67. The predicted octanol–water partition coefficient (Wildman–Crippen LogP) is 1.74. The number of ether oxygens (including phenoxy) is 2. The maximum absolute atomic E-state index is 11.6. The van der Waals surface area contributed by atoms with Crippen molar-refractivity contribution < 1.29 is 14.3 Å². The van der Waals surface area contributed by atoms with E-state index in [0.717, 1.165) is 10.0 Å². The van der Waals surface area contributed by atoms with E-state index in [0.29, 0.717) is 5.88 Å². The fraction of sp³-hybridized carbons (Fsp3) is 0.692. The molecule has 0 fully saturated rings. The van der Waals surface area contributed by atoms with E-state index in [9.17, 15) is 4.79 Å². The summed E-state index contributed by atoms with van der Waals surface area (Å²) in [4.78, 5) is 18.6. The second-order valence-electron chi connectivity index (χ2n) is 5.75. The lowest BCUT2D eigenvalue weighted by molar-refractivity contribution is 0.0524. The van der Waals surface area contributed by atoms with E-state index in [-0.39, 0.29) is 6.54 Å². The minimum absolute atomic E-state index is 0.250. The molecule has 0 spiro atoms. The Kier molecular flexibility index (Phi) is 5.79. The first kappa shape index (κ1) is 17.5. The molecular formula is C13H24N4O3S. The third kappa shape index (κ3) is 5.39. The number of nitrogens with one attached hydrogen (secondary N) is 1. The number of hydrogen-bond donors (Lipinski definition) is 2. The van der Waals surface area contributed by atoms with Gasteiger partial charge in [-0.25, -0.2) is 4.79 Å². The molecule has 7 nitrogen and oxygen atoms in total. The van der Waals surface area contributed by atoms with Gasteiger partial charge in [-0.1, -0.05) is 11.3 Å². The highest BCUT2D eigenvalue weighted by molar-refractivity contribution is 7.16. The first-order valence-corrected chi connectivity index (χ1v) is 7.40. The number of carbonyl (C=O) groups is 1. The third-order valence-electron chi connectivity index (χ3n) is 2.39. The molecule has 1 aromatic rings. The van der Waals surface area contributed by atoms with Crippen molar-refractivity contribution >= 4 is 22.6 Å². The van der Waals surface area contributed by atoms with Gasteiger partial charge in [0.05, 0.1) is 18.0 Å². The molecule has 1 atom stereocenters. The summed E-state index contributed by atoms with van der Waals surface area (Å²) < 4.78 is 10.4. The molecule has 1 rings (SSSR count). The van der Waals surface area contributed by atoms with Crippen molar-refractivity contribution in [2.24, 2.45) is 5.73 Å². The molecule has 1 unspecified atom stereocenters. The number of carbonyl (C=O) groups excluding carboxylic acids is 1. The van der Waals surface area contributed by atoms with Gasteiger partial charge in [0.1, 0.15) is 5.60 Å². The van der Waals surface area contributed by atoms with Crippen LogP contribution in [0.15, 0.2) is 0 Å². The van der Waals surface area contributed by atoms with Crippen molar-refractivity contribution in [1.82, 2.24) is 10.3 Å². The Morgan fingerprint density at radius 3 is 2.57 bits per heavy atom. The number of anilines is 1. The van der Waals surface area contributed by atoms with Crippen molar-refractivity contribution in [3.63, 3.8) is 0 Å². The van der Waals surface area contributed by atoms with E-state index < -0.39 is 17.7 Å². The molecule has 1 heterocycles. The van der Waals surface area contributed by atoms with E-state index in [4.69, 9.17) is 15.2 Å². The summed E-state index contributed by atoms with van der Waals surface area (Å²) in [6.07, 6.45) is -0.491. The summed E-state index contributed by atoms with van der Waals surface area (Å²) in [5, 5.41) is 3.45. The Morgan fingerprint density at radius 2 is 2.10 bits per heavy atom. The molecule has 1 amide bonds. The minimum Gasteiger partial charge on any atom is -0.480 e. The number of nitrogens with two attached hydrogens (primary N) is 1. The third-order valence-corrected chi connectivity index (χ3v) is 3.72. The van der Waals surface area contributed by atoms with E-state index >= 15 is 0 Å². The van der Waals surface area contributed by atoms with E-state index in [1.165, 1.54) is 11.3 Å². The summed E-state index contributed by atoms with van der Waals surface area (Å²) in [6, 6.07) is -0.404. The lowest BCUT2D eigenvalue weighted by atomic mass is 10.2. The van der Waals surface area contributed by atoms with Crippen LogP contribution in [0.4, 0.5) is 9.93 Å². The summed E-state index contributed by atoms with van der Waals surface area (Å²) in [7, 11) is 5.34. The van der Waals surface area contributed by atoms with Crippen molar-refractivity contribution in [2.75, 3.05) is 32.6 Å². The van der Waals surface area contributed by atoms with Crippen LogP contribution in [0.5, 0.6) is 5.88 Å². The Hall–Kier alpha value is -1.54. The number of aromatic nitrogens is 1. The van der Waals surface area contributed by atoms with Crippen molar-refractivity contribution in [2.45, 2.75) is 32.4 Å². The van der Waals surface area contributed by atoms with Gasteiger partial charge >= 0.3 is 6.09 Å². The molecule has 0 saturated heterocycles. The highest BCUT2D eigenvalue weighted by Gasteiger charge is 2.21. The molecule has 0 radical (unpaired) electrons. The Morgan fingerprint density at radius 1 is 1.48 bits per heavy atom. The fourth-order valence-electron chi connectivity index (χ4n) is 1.48. The molecule has 0 aliphatic rings. The Bertz CT molecular complexity index is 482. The molecule has 1 aromatic heterocycles. The Balaban J connectivity index is 2.67. The summed E-state index contributed by atoms with van der Waals surface area (Å²) >= 11 is 1.44. The van der Waals surface area contributed by atoms with Crippen LogP contribution < -0.4 is 20.7 Å². The molecule has 8 heteroatoms. The first-order chi connectivity index (χ1) is 9.64. The second-order valence-corrected chi connectivity index (χ2v) is 6.76. The molecule has 0 aliphatic heterocycles. The maximum atomic E-state index is 11.6. The number of amides is 1. The quantitative estimate of drug-likeness (QED) is 0.860. The van der Waals surface area contributed by atoms with E-state index in [2.05, 4.69) is 10.3 Å². The first-order valence-electron chi connectivity index (χ1n) is 6.58. The summed E-state index contributed by atoms with van der Waals surface area (Å²) in [5.74, 6) is 0.488. The number of rotatable bonds is 5. The zero-order chi connectivity index (χ0) is 16.2. The predicted molar refractivity (Wildman–Crippen MR) is 84.2 cm³/mol. The van der Waals surface area contributed by atoms with Gasteiger partial charge in [-0.2, -0.15) is 4.98 Å². The molecule has 0 bridgehead atoms. The average molecular weight is 316 g/mol. The zero-order valence-electron chi connectivity index (χ0n) is 13.4. The van der Waals surface area contributed by atoms with Crippen LogP contribution in [-0.2, 0) is 4.74 Å². The molecule has 120 valence electrons.